The van der Waals surface area contributed by atoms with Crippen LogP contribution in [-0.4, -0.2) is 36.1 Å². The highest BCUT2D eigenvalue weighted by molar-refractivity contribution is 7.12. The summed E-state index contributed by atoms with van der Waals surface area (Å²) in [6.45, 7) is 8.81. The summed E-state index contributed by atoms with van der Waals surface area (Å²) in [6.07, 6.45) is -0.577. The lowest BCUT2D eigenvalue weighted by molar-refractivity contribution is -0.146. The molecule has 0 fully saturated rings. The van der Waals surface area contributed by atoms with Crippen LogP contribution in [0, 0.1) is 5.92 Å². The number of fused-ring (bicyclic) bond motifs is 1. The fourth-order valence-electron chi connectivity index (χ4n) is 2.52. The number of ketones is 1. The topological polar surface area (TPSA) is 72.9 Å². The third-order valence-corrected chi connectivity index (χ3v) is 4.35. The highest BCUT2D eigenvalue weighted by Crippen LogP contribution is 2.38. The van der Waals surface area contributed by atoms with Crippen molar-refractivity contribution >= 4 is 34.9 Å². The van der Waals surface area contributed by atoms with E-state index >= 15 is 0 Å². The van der Waals surface area contributed by atoms with Crippen molar-refractivity contribution in [2.45, 2.75) is 46.3 Å². The molecule has 0 saturated carbocycles. The van der Waals surface area contributed by atoms with Crippen LogP contribution in [0.3, 0.4) is 0 Å². The van der Waals surface area contributed by atoms with Gasteiger partial charge in [0.15, 0.2) is 5.78 Å². The Morgan fingerprint density at radius 2 is 2.00 bits per heavy atom. The summed E-state index contributed by atoms with van der Waals surface area (Å²) in [4.78, 5) is 39.1. The second-order valence-corrected chi connectivity index (χ2v) is 7.24. The van der Waals surface area contributed by atoms with Crippen molar-refractivity contribution < 1.29 is 23.9 Å². The van der Waals surface area contributed by atoms with Gasteiger partial charge in [-0.2, -0.15) is 0 Å². The zero-order valence-electron chi connectivity index (χ0n) is 13.9. The molecule has 1 aliphatic heterocycles. The Kier molecular flexibility index (Phi) is 4.79. The maximum absolute atomic E-state index is 12.6. The number of carbonyl (C=O) groups excluding carboxylic acids is 3. The minimum absolute atomic E-state index is 0.180. The van der Waals surface area contributed by atoms with Gasteiger partial charge in [0.2, 0.25) is 0 Å². The molecule has 0 spiro atoms. The normalized spacial score (nSPS) is 20.9. The first-order chi connectivity index (χ1) is 10.7. The van der Waals surface area contributed by atoms with Gasteiger partial charge in [-0.25, -0.2) is 4.79 Å². The molecule has 0 bridgehead atoms. The first-order valence-corrected chi connectivity index (χ1v) is 8.36. The summed E-state index contributed by atoms with van der Waals surface area (Å²) in [6, 6.07) is 1.03. The smallest absolute Gasteiger partial charge is 0.415 e. The van der Waals surface area contributed by atoms with Crippen molar-refractivity contribution in [3.05, 3.63) is 16.3 Å². The van der Waals surface area contributed by atoms with E-state index in [0.29, 0.717) is 10.6 Å². The monoisotopic (exact) mass is 339 g/mol. The lowest BCUT2D eigenvalue weighted by Gasteiger charge is -2.37. The van der Waals surface area contributed by atoms with Crippen molar-refractivity contribution in [2.24, 2.45) is 5.92 Å². The third-order valence-electron chi connectivity index (χ3n) is 3.43. The molecule has 0 saturated heterocycles. The van der Waals surface area contributed by atoms with Gasteiger partial charge in [0.25, 0.3) is 0 Å². The number of esters is 1. The van der Waals surface area contributed by atoms with Gasteiger partial charge in [0.05, 0.1) is 23.2 Å². The maximum Gasteiger partial charge on any atom is 0.415 e. The second kappa shape index (κ2) is 6.31. The van der Waals surface area contributed by atoms with Crippen LogP contribution in [0.4, 0.5) is 10.5 Å². The van der Waals surface area contributed by atoms with E-state index in [0.717, 1.165) is 0 Å². The molecule has 0 aromatic carbocycles. The predicted molar refractivity (Wildman–Crippen MR) is 86.9 cm³/mol. The number of hydrogen-bond acceptors (Lipinski definition) is 6. The summed E-state index contributed by atoms with van der Waals surface area (Å²) in [7, 11) is 0. The molecule has 2 heterocycles. The molecule has 1 aliphatic rings. The fourth-order valence-corrected chi connectivity index (χ4v) is 3.38. The Bertz CT molecular complexity index is 631. The molecule has 1 aromatic rings. The van der Waals surface area contributed by atoms with Gasteiger partial charge >= 0.3 is 12.1 Å². The van der Waals surface area contributed by atoms with Crippen LogP contribution in [0.15, 0.2) is 11.4 Å². The number of Topliss-reactive ketones (excluding diaryl/α,β-unsaturated/α-hetero) is 1. The van der Waals surface area contributed by atoms with Crippen LogP contribution < -0.4 is 4.90 Å². The average Bonchev–Trinajstić information content (AvgIpc) is 2.86. The Morgan fingerprint density at radius 1 is 1.35 bits per heavy atom. The molecule has 1 amide bonds. The molecule has 0 radical (unpaired) electrons. The molecule has 2 unspecified atom stereocenters. The van der Waals surface area contributed by atoms with Crippen molar-refractivity contribution in [3.63, 3.8) is 0 Å². The van der Waals surface area contributed by atoms with Gasteiger partial charge < -0.3 is 9.47 Å². The van der Waals surface area contributed by atoms with Gasteiger partial charge in [0.1, 0.15) is 11.5 Å². The van der Waals surface area contributed by atoms with Crippen LogP contribution in [0.1, 0.15) is 44.3 Å². The van der Waals surface area contributed by atoms with Gasteiger partial charge in [-0.05, 0) is 46.1 Å². The van der Waals surface area contributed by atoms with E-state index in [-0.39, 0.29) is 12.4 Å². The number of hydrogen-bond donors (Lipinski definition) is 0. The molecule has 2 rings (SSSR count). The molecule has 0 N–H and O–H groups in total. The van der Waals surface area contributed by atoms with Crippen molar-refractivity contribution in [1.29, 1.82) is 0 Å². The second-order valence-electron chi connectivity index (χ2n) is 6.32. The molecule has 2 atom stereocenters. The summed E-state index contributed by atoms with van der Waals surface area (Å²) in [5.74, 6) is -1.95. The van der Waals surface area contributed by atoms with Crippen LogP contribution in [-0.2, 0) is 14.3 Å². The standard InChI is InChI=1S/C16H21NO5S/c1-6-21-14(19)11-9(2)17(15(20)22-16(3,4)5)10-7-8-23-13(10)12(11)18/h7-9,11H,6H2,1-5H3. The van der Waals surface area contributed by atoms with Crippen LogP contribution >= 0.6 is 11.3 Å². The van der Waals surface area contributed by atoms with Gasteiger partial charge in [0, 0.05) is 0 Å². The van der Waals surface area contributed by atoms with E-state index in [2.05, 4.69) is 0 Å². The number of amides is 1. The lowest BCUT2D eigenvalue weighted by Crippen LogP contribution is -2.53. The molecule has 1 aromatic heterocycles. The quantitative estimate of drug-likeness (QED) is 0.611. The fraction of sp³-hybridized carbons (Fsp3) is 0.562. The Hall–Kier alpha value is -1.89. The van der Waals surface area contributed by atoms with Gasteiger partial charge in [-0.3, -0.25) is 14.5 Å². The van der Waals surface area contributed by atoms with Gasteiger partial charge in [-0.1, -0.05) is 0 Å². The number of thiophene rings is 1. The third kappa shape index (κ3) is 3.39. The van der Waals surface area contributed by atoms with E-state index in [1.807, 2.05) is 0 Å². The highest BCUT2D eigenvalue weighted by Gasteiger charge is 2.47. The molecular formula is C16H21NO5S. The number of carbonyl (C=O) groups is 3. The van der Waals surface area contributed by atoms with Crippen molar-refractivity contribution in [3.8, 4) is 0 Å². The number of ether oxygens (including phenoxy) is 2. The molecule has 126 valence electrons. The largest absolute Gasteiger partial charge is 0.465 e. The number of rotatable bonds is 2. The first-order valence-electron chi connectivity index (χ1n) is 7.48. The molecule has 6 nitrogen and oxygen atoms in total. The van der Waals surface area contributed by atoms with Crippen LogP contribution in [0.25, 0.3) is 0 Å². The summed E-state index contributed by atoms with van der Waals surface area (Å²) >= 11 is 1.21. The maximum atomic E-state index is 12.6. The predicted octanol–water partition coefficient (Wildman–Crippen LogP) is 3.25. The van der Waals surface area contributed by atoms with E-state index in [4.69, 9.17) is 9.47 Å². The summed E-state index contributed by atoms with van der Waals surface area (Å²) in [5, 5.41) is 1.72. The Labute approximate surface area is 139 Å². The average molecular weight is 339 g/mol. The molecule has 0 aliphatic carbocycles. The van der Waals surface area contributed by atoms with E-state index in [9.17, 15) is 14.4 Å². The summed E-state index contributed by atoms with van der Waals surface area (Å²) in [5.41, 5.74) is -0.185. The first kappa shape index (κ1) is 17.5. The van der Waals surface area contributed by atoms with Crippen LogP contribution in [0.5, 0.6) is 0 Å². The zero-order chi connectivity index (χ0) is 17.4. The molecule has 23 heavy (non-hydrogen) atoms. The van der Waals surface area contributed by atoms with E-state index < -0.39 is 29.6 Å². The minimum atomic E-state index is -1.03. The van der Waals surface area contributed by atoms with E-state index in [1.54, 1.807) is 46.1 Å². The Morgan fingerprint density at radius 3 is 2.57 bits per heavy atom. The SMILES string of the molecule is CCOC(=O)C1C(=O)c2sccc2N(C(=O)OC(C)(C)C)C1C. The highest BCUT2D eigenvalue weighted by atomic mass is 32.1. The van der Waals surface area contributed by atoms with Crippen molar-refractivity contribution in [1.82, 2.24) is 0 Å². The zero-order valence-corrected chi connectivity index (χ0v) is 14.7. The Balaban J connectivity index is 2.42. The number of nitrogens with zero attached hydrogens (tertiary/aromatic N) is 1. The van der Waals surface area contributed by atoms with Gasteiger partial charge in [-0.15, -0.1) is 11.3 Å². The van der Waals surface area contributed by atoms with E-state index in [1.165, 1.54) is 16.2 Å². The van der Waals surface area contributed by atoms with Crippen molar-refractivity contribution in [2.75, 3.05) is 11.5 Å². The lowest BCUT2D eigenvalue weighted by atomic mass is 9.89. The van der Waals surface area contributed by atoms with Crippen LogP contribution in [0.2, 0.25) is 0 Å². The summed E-state index contributed by atoms with van der Waals surface area (Å²) < 4.78 is 10.4. The molecule has 7 heteroatoms. The minimum Gasteiger partial charge on any atom is -0.465 e. The molecular weight excluding hydrogens is 318 g/mol. The number of anilines is 1.